The highest BCUT2D eigenvalue weighted by Gasteiger charge is 2.61. The second kappa shape index (κ2) is 14.1. The van der Waals surface area contributed by atoms with E-state index >= 15 is 0 Å². The first-order chi connectivity index (χ1) is 21.2. The molecular formula is C32H49N5O7S. The van der Waals surface area contributed by atoms with Crippen molar-refractivity contribution >= 4 is 33.8 Å². The molecule has 1 aromatic rings. The second-order valence-corrected chi connectivity index (χ2v) is 15.9. The van der Waals surface area contributed by atoms with Crippen LogP contribution in [-0.4, -0.2) is 90.3 Å². The first-order valence-corrected chi connectivity index (χ1v) is 17.5. The molecule has 3 aliphatic rings. The fourth-order valence-electron chi connectivity index (χ4n) is 6.50. The fraction of sp³-hybridized carbons (Fsp3) is 0.688. The lowest BCUT2D eigenvalue weighted by atomic mass is 9.87. The number of likely N-dealkylation sites (N-methyl/N-ethyl adjacent to an activating group) is 1. The number of carbonyl (C=O) groups excluding carboxylic acids is 3. The van der Waals surface area contributed by atoms with Crippen LogP contribution >= 0.6 is 0 Å². The molecule has 2 saturated heterocycles. The number of hydrogen-bond donors (Lipinski definition) is 4. The SMILES string of the molecule is CN(CC(NC(=O)N[C@H]1CCCCCCCC2C[C@@]2(C(=O)O)NC(=O)[C@@H]2CCCN2C1=O)C(C)(C)C)S(=O)(=O)c1ccccc1. The predicted molar refractivity (Wildman–Crippen MR) is 169 cm³/mol. The molecule has 2 aliphatic heterocycles. The highest BCUT2D eigenvalue weighted by Crippen LogP contribution is 2.47. The molecule has 3 fully saturated rings. The monoisotopic (exact) mass is 647 g/mol. The van der Waals surface area contributed by atoms with Crippen LogP contribution in [-0.2, 0) is 24.4 Å². The first kappa shape index (κ1) is 34.7. The minimum absolute atomic E-state index is 0.00739. The van der Waals surface area contributed by atoms with Crippen LogP contribution in [0.15, 0.2) is 35.2 Å². The number of sulfonamides is 1. The largest absolute Gasteiger partial charge is 0.479 e. The summed E-state index contributed by atoms with van der Waals surface area (Å²) in [7, 11) is -2.32. The average Bonchev–Trinajstić information content (AvgIpc) is 3.45. The Balaban J connectivity index is 1.48. The van der Waals surface area contributed by atoms with E-state index in [1.165, 1.54) is 28.4 Å². The maximum atomic E-state index is 13.9. The van der Waals surface area contributed by atoms with Crippen molar-refractivity contribution in [1.29, 1.82) is 0 Å². The van der Waals surface area contributed by atoms with Gasteiger partial charge in [0.05, 0.1) is 4.90 Å². The Hall–Kier alpha value is -3.19. The number of carbonyl (C=O) groups is 4. The van der Waals surface area contributed by atoms with Gasteiger partial charge >= 0.3 is 12.0 Å². The third-order valence-electron chi connectivity index (χ3n) is 9.56. The number of carboxylic acid groups (broad SMARTS) is 1. The molecule has 4 N–H and O–H groups in total. The van der Waals surface area contributed by atoms with Gasteiger partial charge < -0.3 is 26.0 Å². The lowest BCUT2D eigenvalue weighted by Gasteiger charge is -2.35. The molecule has 2 heterocycles. The number of benzene rings is 1. The minimum Gasteiger partial charge on any atom is -0.479 e. The molecular weight excluding hydrogens is 598 g/mol. The van der Waals surface area contributed by atoms with Crippen molar-refractivity contribution in [2.24, 2.45) is 11.3 Å². The highest BCUT2D eigenvalue weighted by atomic mass is 32.2. The molecule has 0 aromatic heterocycles. The molecule has 1 aromatic carbocycles. The number of fused-ring (bicyclic) bond motifs is 2. The molecule has 4 rings (SSSR count). The molecule has 0 radical (unpaired) electrons. The van der Waals surface area contributed by atoms with E-state index in [1.54, 1.807) is 18.2 Å². The van der Waals surface area contributed by atoms with Gasteiger partial charge in [-0.25, -0.2) is 18.0 Å². The third kappa shape index (κ3) is 8.16. The summed E-state index contributed by atoms with van der Waals surface area (Å²) in [6.45, 7) is 6.05. The topological polar surface area (TPSA) is 165 Å². The molecule has 1 aliphatic carbocycles. The summed E-state index contributed by atoms with van der Waals surface area (Å²) in [5, 5.41) is 18.5. The number of carboxylic acids is 1. The molecule has 12 nitrogen and oxygen atoms in total. The number of hydrogen-bond acceptors (Lipinski definition) is 6. The van der Waals surface area contributed by atoms with Crippen LogP contribution in [0.2, 0.25) is 0 Å². The predicted octanol–water partition coefficient (Wildman–Crippen LogP) is 3.08. The molecule has 0 bridgehead atoms. The summed E-state index contributed by atoms with van der Waals surface area (Å²) in [6.07, 6.45) is 6.82. The van der Waals surface area contributed by atoms with Gasteiger partial charge in [-0.1, -0.05) is 71.1 Å². The van der Waals surface area contributed by atoms with Crippen molar-refractivity contribution in [2.45, 2.75) is 114 Å². The van der Waals surface area contributed by atoms with Crippen LogP contribution in [0.5, 0.6) is 0 Å². The van der Waals surface area contributed by atoms with E-state index in [2.05, 4.69) is 16.0 Å². The Labute approximate surface area is 266 Å². The van der Waals surface area contributed by atoms with Gasteiger partial charge in [0.25, 0.3) is 0 Å². The van der Waals surface area contributed by atoms with Gasteiger partial charge in [-0.15, -0.1) is 0 Å². The molecule has 2 unspecified atom stereocenters. The van der Waals surface area contributed by atoms with Gasteiger partial charge in [0, 0.05) is 26.2 Å². The lowest BCUT2D eigenvalue weighted by molar-refractivity contribution is -0.145. The van der Waals surface area contributed by atoms with Crippen LogP contribution in [0.4, 0.5) is 4.79 Å². The number of amides is 4. The van der Waals surface area contributed by atoms with Gasteiger partial charge in [-0.3, -0.25) is 9.59 Å². The van der Waals surface area contributed by atoms with E-state index in [4.69, 9.17) is 0 Å². The molecule has 4 amide bonds. The zero-order valence-corrected chi connectivity index (χ0v) is 27.7. The van der Waals surface area contributed by atoms with Gasteiger partial charge in [-0.05, 0) is 55.6 Å². The maximum Gasteiger partial charge on any atom is 0.329 e. The summed E-state index contributed by atoms with van der Waals surface area (Å²) in [6, 6.07) is 5.21. The first-order valence-electron chi connectivity index (χ1n) is 16.1. The van der Waals surface area contributed by atoms with Crippen molar-refractivity contribution in [2.75, 3.05) is 20.1 Å². The van der Waals surface area contributed by atoms with E-state index in [9.17, 15) is 32.7 Å². The Bertz CT molecular complexity index is 1350. The summed E-state index contributed by atoms with van der Waals surface area (Å²) in [5.41, 5.74) is -1.79. The van der Waals surface area contributed by atoms with E-state index in [0.29, 0.717) is 38.6 Å². The molecule has 0 spiro atoms. The zero-order valence-electron chi connectivity index (χ0n) is 26.9. The number of aliphatic carboxylic acids is 1. The summed E-state index contributed by atoms with van der Waals surface area (Å²) >= 11 is 0. The number of nitrogens with one attached hydrogen (secondary N) is 3. The molecule has 13 heteroatoms. The van der Waals surface area contributed by atoms with E-state index in [-0.39, 0.29) is 23.3 Å². The van der Waals surface area contributed by atoms with Gasteiger partial charge in [0.2, 0.25) is 21.8 Å². The van der Waals surface area contributed by atoms with Crippen LogP contribution in [0.3, 0.4) is 0 Å². The third-order valence-corrected chi connectivity index (χ3v) is 11.4. The van der Waals surface area contributed by atoms with Gasteiger partial charge in [0.1, 0.15) is 17.6 Å². The molecule has 5 atom stereocenters. The normalized spacial score (nSPS) is 27.3. The quantitative estimate of drug-likeness (QED) is 0.353. The maximum absolute atomic E-state index is 13.9. The molecule has 250 valence electrons. The van der Waals surface area contributed by atoms with Crippen molar-refractivity contribution in [3.63, 3.8) is 0 Å². The fourth-order valence-corrected chi connectivity index (χ4v) is 7.71. The smallest absolute Gasteiger partial charge is 0.329 e. The van der Waals surface area contributed by atoms with Crippen molar-refractivity contribution in [3.05, 3.63) is 30.3 Å². The van der Waals surface area contributed by atoms with Gasteiger partial charge in [0.15, 0.2) is 0 Å². The Morgan fingerprint density at radius 1 is 1.04 bits per heavy atom. The number of urea groups is 1. The summed E-state index contributed by atoms with van der Waals surface area (Å²) in [5.74, 6) is -1.97. The zero-order chi connectivity index (χ0) is 33.0. The van der Waals surface area contributed by atoms with Crippen LogP contribution in [0.1, 0.15) is 85.0 Å². The second-order valence-electron chi connectivity index (χ2n) is 13.9. The van der Waals surface area contributed by atoms with E-state index in [0.717, 1.165) is 32.1 Å². The van der Waals surface area contributed by atoms with E-state index < -0.39 is 57.0 Å². The number of rotatable bonds is 7. The molecule has 1 saturated carbocycles. The molecule has 45 heavy (non-hydrogen) atoms. The Morgan fingerprint density at radius 3 is 2.33 bits per heavy atom. The Morgan fingerprint density at radius 2 is 1.69 bits per heavy atom. The lowest BCUT2D eigenvalue weighted by Crippen LogP contribution is -2.59. The van der Waals surface area contributed by atoms with Crippen molar-refractivity contribution in [3.8, 4) is 0 Å². The highest BCUT2D eigenvalue weighted by molar-refractivity contribution is 7.89. The summed E-state index contributed by atoms with van der Waals surface area (Å²) in [4.78, 5) is 54.5. The minimum atomic E-state index is -3.80. The van der Waals surface area contributed by atoms with Crippen molar-refractivity contribution in [1.82, 2.24) is 25.2 Å². The van der Waals surface area contributed by atoms with Crippen LogP contribution < -0.4 is 16.0 Å². The van der Waals surface area contributed by atoms with Crippen LogP contribution in [0, 0.1) is 11.3 Å². The Kier molecular flexibility index (Phi) is 10.8. The van der Waals surface area contributed by atoms with Crippen molar-refractivity contribution < 1.29 is 32.7 Å². The standard InChI is InChI=1S/C32H49N5O7S/c1-31(2,3)26(21-36(4)45(43,44)23-15-10-8-11-16-23)34-30(42)33-24-17-12-7-5-6-9-14-22-20-32(22,29(40)41)35-27(38)25-18-13-19-37(25)28(24)39/h8,10-11,15-16,22,24-26H,5-7,9,12-14,17-21H2,1-4H3,(H,35,38)(H,40,41)(H2,33,34,42)/t22?,24-,25-,26?,32+/m0/s1. The number of nitrogens with zero attached hydrogens (tertiary/aromatic N) is 2. The van der Waals surface area contributed by atoms with E-state index in [1.807, 2.05) is 20.8 Å². The van der Waals surface area contributed by atoms with Crippen LogP contribution in [0.25, 0.3) is 0 Å². The average molecular weight is 648 g/mol. The van der Waals surface area contributed by atoms with Gasteiger partial charge in [-0.2, -0.15) is 4.31 Å². The summed E-state index contributed by atoms with van der Waals surface area (Å²) < 4.78 is 27.6.